The largest absolute Gasteiger partial charge is 0.355 e. The second-order valence-corrected chi connectivity index (χ2v) is 8.63. The van der Waals surface area contributed by atoms with Crippen LogP contribution in [0.1, 0.15) is 18.4 Å². The average molecular weight is 453 g/mol. The number of carbonyl (C=O) groups is 1. The van der Waals surface area contributed by atoms with E-state index in [9.17, 15) is 14.0 Å². The fraction of sp³-hybridized carbons (Fsp3) is 0.292. The minimum absolute atomic E-state index is 0.0501. The van der Waals surface area contributed by atoms with Crippen molar-refractivity contribution in [3.8, 4) is 5.69 Å². The molecular formula is C24H25FN4O2S. The standard InChI is InChI=1S/C24H25FN4O2S/c1-32-21-7-5-17(6-8-21)16-26-24(31)18-11-13-28(14-12-18)22-9-10-23(30)29(27-22)20-4-2-3-19(25)15-20/h2-10,15,18H,11-14,16H2,1H3,(H,26,31). The highest BCUT2D eigenvalue weighted by atomic mass is 32.2. The predicted molar refractivity (Wildman–Crippen MR) is 125 cm³/mol. The first-order valence-electron chi connectivity index (χ1n) is 10.6. The van der Waals surface area contributed by atoms with Crippen LogP contribution >= 0.6 is 11.8 Å². The molecule has 1 saturated heterocycles. The van der Waals surface area contributed by atoms with Gasteiger partial charge in [0.25, 0.3) is 5.56 Å². The van der Waals surface area contributed by atoms with Crippen molar-refractivity contribution in [3.05, 3.63) is 82.4 Å². The minimum atomic E-state index is -0.423. The molecule has 1 aliphatic rings. The molecule has 1 aliphatic heterocycles. The third-order valence-corrected chi connectivity index (χ3v) is 6.40. The first-order chi connectivity index (χ1) is 15.5. The lowest BCUT2D eigenvalue weighted by molar-refractivity contribution is -0.125. The average Bonchev–Trinajstić information content (AvgIpc) is 2.83. The van der Waals surface area contributed by atoms with Crippen molar-refractivity contribution in [2.24, 2.45) is 5.92 Å². The summed E-state index contributed by atoms with van der Waals surface area (Å²) in [7, 11) is 0. The third kappa shape index (κ3) is 5.19. The number of halogens is 1. The van der Waals surface area contributed by atoms with Gasteiger partial charge in [-0.1, -0.05) is 18.2 Å². The van der Waals surface area contributed by atoms with Crippen molar-refractivity contribution in [3.63, 3.8) is 0 Å². The SMILES string of the molecule is CSc1ccc(CNC(=O)C2CCN(c3ccc(=O)n(-c4cccc(F)c4)n3)CC2)cc1. The number of thioether (sulfide) groups is 1. The van der Waals surface area contributed by atoms with Gasteiger partial charge in [-0.15, -0.1) is 16.9 Å². The Balaban J connectivity index is 1.35. The number of benzene rings is 2. The highest BCUT2D eigenvalue weighted by molar-refractivity contribution is 7.98. The molecule has 2 heterocycles. The van der Waals surface area contributed by atoms with Crippen LogP contribution in [0.25, 0.3) is 5.69 Å². The first kappa shape index (κ1) is 22.1. The molecule has 0 saturated carbocycles. The Kier molecular flexibility index (Phi) is 6.90. The molecule has 0 aliphatic carbocycles. The van der Waals surface area contributed by atoms with Gasteiger partial charge in [0.05, 0.1) is 5.69 Å². The Hall–Kier alpha value is -3.13. The molecule has 166 valence electrons. The molecule has 0 radical (unpaired) electrons. The number of rotatable bonds is 6. The molecular weight excluding hydrogens is 427 g/mol. The second-order valence-electron chi connectivity index (χ2n) is 7.75. The lowest BCUT2D eigenvalue weighted by Gasteiger charge is -2.32. The van der Waals surface area contributed by atoms with Gasteiger partial charge in [0, 0.05) is 36.5 Å². The van der Waals surface area contributed by atoms with Gasteiger partial charge < -0.3 is 10.2 Å². The zero-order valence-electron chi connectivity index (χ0n) is 17.8. The van der Waals surface area contributed by atoms with Crippen LogP contribution in [0.3, 0.4) is 0 Å². The van der Waals surface area contributed by atoms with Crippen molar-refractivity contribution < 1.29 is 9.18 Å². The van der Waals surface area contributed by atoms with E-state index in [0.29, 0.717) is 44.0 Å². The summed E-state index contributed by atoms with van der Waals surface area (Å²) in [5.74, 6) is 0.234. The molecule has 6 nitrogen and oxygen atoms in total. The lowest BCUT2D eigenvalue weighted by Crippen LogP contribution is -2.41. The summed E-state index contributed by atoms with van der Waals surface area (Å²) in [6, 6.07) is 17.1. The van der Waals surface area contributed by atoms with E-state index in [1.807, 2.05) is 18.4 Å². The van der Waals surface area contributed by atoms with Crippen molar-refractivity contribution in [2.75, 3.05) is 24.2 Å². The number of hydrogen-bond donors (Lipinski definition) is 1. The number of piperidine rings is 1. The van der Waals surface area contributed by atoms with Crippen LogP contribution in [0, 0.1) is 11.7 Å². The molecule has 32 heavy (non-hydrogen) atoms. The van der Waals surface area contributed by atoms with E-state index >= 15 is 0 Å². The number of anilines is 1. The number of nitrogens with zero attached hydrogens (tertiary/aromatic N) is 3. The van der Waals surface area contributed by atoms with Crippen molar-refractivity contribution in [1.82, 2.24) is 15.1 Å². The highest BCUT2D eigenvalue weighted by Crippen LogP contribution is 2.22. The van der Waals surface area contributed by atoms with E-state index in [0.717, 1.165) is 5.56 Å². The summed E-state index contributed by atoms with van der Waals surface area (Å²) < 4.78 is 14.8. The van der Waals surface area contributed by atoms with Crippen molar-refractivity contribution >= 4 is 23.5 Å². The summed E-state index contributed by atoms with van der Waals surface area (Å²) in [6.07, 6.45) is 3.45. The van der Waals surface area contributed by atoms with E-state index in [1.54, 1.807) is 30.0 Å². The molecule has 0 atom stereocenters. The summed E-state index contributed by atoms with van der Waals surface area (Å²) >= 11 is 1.69. The van der Waals surface area contributed by atoms with Gasteiger partial charge in [-0.25, -0.2) is 4.39 Å². The van der Waals surface area contributed by atoms with Gasteiger partial charge in [-0.2, -0.15) is 4.68 Å². The molecule has 1 N–H and O–H groups in total. The minimum Gasteiger partial charge on any atom is -0.355 e. The predicted octanol–water partition coefficient (Wildman–Crippen LogP) is 3.63. The number of aromatic nitrogens is 2. The molecule has 3 aromatic rings. The fourth-order valence-corrected chi connectivity index (χ4v) is 4.22. The quantitative estimate of drug-likeness (QED) is 0.579. The van der Waals surface area contributed by atoms with E-state index < -0.39 is 5.82 Å². The molecule has 2 aromatic carbocycles. The summed E-state index contributed by atoms with van der Waals surface area (Å²) in [5, 5.41) is 7.47. The Bertz CT molecular complexity index is 1140. The van der Waals surface area contributed by atoms with Gasteiger partial charge in [0.15, 0.2) is 0 Å². The van der Waals surface area contributed by atoms with Gasteiger partial charge in [0.1, 0.15) is 11.6 Å². The Labute approximate surface area is 190 Å². The van der Waals surface area contributed by atoms with Gasteiger partial charge >= 0.3 is 0 Å². The Morgan fingerprint density at radius 3 is 2.56 bits per heavy atom. The van der Waals surface area contributed by atoms with Crippen LogP contribution in [-0.2, 0) is 11.3 Å². The van der Waals surface area contributed by atoms with Gasteiger partial charge in [0.2, 0.25) is 5.91 Å². The summed E-state index contributed by atoms with van der Waals surface area (Å²) in [5.41, 5.74) is 1.15. The third-order valence-electron chi connectivity index (χ3n) is 5.65. The maximum atomic E-state index is 13.6. The maximum absolute atomic E-state index is 13.6. The number of nitrogens with one attached hydrogen (secondary N) is 1. The van der Waals surface area contributed by atoms with Crippen LogP contribution in [0.2, 0.25) is 0 Å². The highest BCUT2D eigenvalue weighted by Gasteiger charge is 2.26. The molecule has 1 fully saturated rings. The van der Waals surface area contributed by atoms with Crippen LogP contribution in [0.15, 0.2) is 70.4 Å². The second kappa shape index (κ2) is 9.99. The molecule has 0 spiro atoms. The molecule has 8 heteroatoms. The van der Waals surface area contributed by atoms with E-state index in [4.69, 9.17) is 0 Å². The molecule has 0 unspecified atom stereocenters. The van der Waals surface area contributed by atoms with Gasteiger partial charge in [-0.3, -0.25) is 9.59 Å². The van der Waals surface area contributed by atoms with Crippen LogP contribution < -0.4 is 15.8 Å². The summed E-state index contributed by atoms with van der Waals surface area (Å²) in [4.78, 5) is 28.1. The number of amides is 1. The lowest BCUT2D eigenvalue weighted by atomic mass is 9.96. The normalized spacial score (nSPS) is 14.4. The van der Waals surface area contributed by atoms with Crippen molar-refractivity contribution in [2.45, 2.75) is 24.3 Å². The van der Waals surface area contributed by atoms with Crippen LogP contribution in [-0.4, -0.2) is 35.0 Å². The molecule has 0 bridgehead atoms. The Morgan fingerprint density at radius 2 is 1.88 bits per heavy atom. The van der Waals surface area contributed by atoms with Gasteiger partial charge in [-0.05, 0) is 61.1 Å². The zero-order chi connectivity index (χ0) is 22.5. The Morgan fingerprint density at radius 1 is 1.12 bits per heavy atom. The number of carbonyl (C=O) groups excluding carboxylic acids is 1. The van der Waals surface area contributed by atoms with E-state index in [1.165, 1.54) is 27.8 Å². The smallest absolute Gasteiger partial charge is 0.271 e. The fourth-order valence-electron chi connectivity index (χ4n) is 3.81. The monoisotopic (exact) mass is 452 g/mol. The summed E-state index contributed by atoms with van der Waals surface area (Å²) in [6.45, 7) is 1.84. The zero-order valence-corrected chi connectivity index (χ0v) is 18.6. The maximum Gasteiger partial charge on any atom is 0.271 e. The topological polar surface area (TPSA) is 67.2 Å². The molecule has 4 rings (SSSR count). The molecule has 1 amide bonds. The number of hydrogen-bond acceptors (Lipinski definition) is 5. The first-order valence-corrected chi connectivity index (χ1v) is 11.8. The molecule has 1 aromatic heterocycles. The van der Waals surface area contributed by atoms with E-state index in [2.05, 4.69) is 27.4 Å². The van der Waals surface area contributed by atoms with Crippen molar-refractivity contribution in [1.29, 1.82) is 0 Å². The van der Waals surface area contributed by atoms with Crippen LogP contribution in [0.5, 0.6) is 0 Å². The van der Waals surface area contributed by atoms with Crippen LogP contribution in [0.4, 0.5) is 10.2 Å². The van der Waals surface area contributed by atoms with E-state index in [-0.39, 0.29) is 17.4 Å².